The van der Waals surface area contributed by atoms with Gasteiger partial charge in [0.05, 0.1) is 12.3 Å². The van der Waals surface area contributed by atoms with Crippen molar-refractivity contribution >= 4 is 39.3 Å². The van der Waals surface area contributed by atoms with Crippen molar-refractivity contribution in [1.29, 1.82) is 0 Å². The van der Waals surface area contributed by atoms with Crippen LogP contribution < -0.4 is 5.32 Å². The lowest BCUT2D eigenvalue weighted by atomic mass is 10.1. The summed E-state index contributed by atoms with van der Waals surface area (Å²) in [5.41, 5.74) is 5.07. The summed E-state index contributed by atoms with van der Waals surface area (Å²) in [4.78, 5) is 12.7. The van der Waals surface area contributed by atoms with Crippen LogP contribution in [0.3, 0.4) is 0 Å². The Morgan fingerprint density at radius 1 is 0.938 bits per heavy atom. The van der Waals surface area contributed by atoms with Crippen LogP contribution in [0, 0.1) is 13.8 Å². The zero-order valence-electron chi connectivity index (χ0n) is 17.9. The number of hydrogen-bond donors (Lipinski definition) is 1. The van der Waals surface area contributed by atoms with Gasteiger partial charge in [-0.25, -0.2) is 0 Å². The number of anilines is 1. The summed E-state index contributed by atoms with van der Waals surface area (Å²) in [5, 5.41) is 12.6. The topological polar surface area (TPSA) is 59.8 Å². The molecule has 32 heavy (non-hydrogen) atoms. The van der Waals surface area contributed by atoms with Gasteiger partial charge in [0.1, 0.15) is 0 Å². The highest BCUT2D eigenvalue weighted by molar-refractivity contribution is 9.10. The Morgan fingerprint density at radius 2 is 1.62 bits per heavy atom. The van der Waals surface area contributed by atoms with Crippen LogP contribution >= 0.6 is 27.7 Å². The number of carbonyl (C=O) groups is 1. The van der Waals surface area contributed by atoms with Crippen LogP contribution in [0.5, 0.6) is 0 Å². The normalized spacial score (nSPS) is 10.8. The summed E-state index contributed by atoms with van der Waals surface area (Å²) >= 11 is 5.01. The molecule has 1 amide bonds. The van der Waals surface area contributed by atoms with Crippen molar-refractivity contribution in [2.45, 2.75) is 25.5 Å². The quantitative estimate of drug-likeness (QED) is 0.307. The summed E-state index contributed by atoms with van der Waals surface area (Å²) in [7, 11) is 0. The largest absolute Gasteiger partial charge is 0.325 e. The first kappa shape index (κ1) is 22.3. The van der Waals surface area contributed by atoms with Gasteiger partial charge in [0, 0.05) is 15.7 Å². The average molecular weight is 507 g/mol. The van der Waals surface area contributed by atoms with E-state index < -0.39 is 0 Å². The fourth-order valence-electron chi connectivity index (χ4n) is 3.46. The maximum Gasteiger partial charge on any atom is 0.234 e. The fourth-order valence-corrected chi connectivity index (χ4v) is 4.66. The van der Waals surface area contributed by atoms with Gasteiger partial charge in [0.15, 0.2) is 11.0 Å². The fraction of sp³-hybridized carbons (Fsp3) is 0.160. The van der Waals surface area contributed by atoms with Crippen molar-refractivity contribution in [2.24, 2.45) is 0 Å². The molecule has 0 spiro atoms. The van der Waals surface area contributed by atoms with Crippen molar-refractivity contribution in [3.05, 3.63) is 94.0 Å². The lowest BCUT2D eigenvalue weighted by Crippen LogP contribution is -2.16. The number of nitrogens with zero attached hydrogens (tertiary/aromatic N) is 3. The Morgan fingerprint density at radius 3 is 2.34 bits per heavy atom. The molecule has 0 aliphatic rings. The van der Waals surface area contributed by atoms with Crippen LogP contribution in [-0.2, 0) is 11.3 Å². The van der Waals surface area contributed by atoms with E-state index in [9.17, 15) is 4.79 Å². The van der Waals surface area contributed by atoms with E-state index in [1.165, 1.54) is 11.8 Å². The molecule has 4 rings (SSSR count). The zero-order valence-corrected chi connectivity index (χ0v) is 20.3. The molecule has 0 radical (unpaired) electrons. The summed E-state index contributed by atoms with van der Waals surface area (Å²) in [5.74, 6) is 0.944. The Kier molecular flexibility index (Phi) is 7.07. The predicted molar refractivity (Wildman–Crippen MR) is 134 cm³/mol. The maximum atomic E-state index is 12.7. The van der Waals surface area contributed by atoms with Crippen LogP contribution in [-0.4, -0.2) is 26.4 Å². The minimum atomic E-state index is -0.0656. The molecule has 4 aromatic rings. The van der Waals surface area contributed by atoms with Crippen LogP contribution in [0.2, 0.25) is 0 Å². The van der Waals surface area contributed by atoms with Gasteiger partial charge in [-0.05, 0) is 36.6 Å². The average Bonchev–Trinajstić information content (AvgIpc) is 3.18. The highest BCUT2D eigenvalue weighted by Crippen LogP contribution is 2.30. The van der Waals surface area contributed by atoms with Crippen molar-refractivity contribution in [3.8, 4) is 11.4 Å². The predicted octanol–water partition coefficient (Wildman–Crippen LogP) is 6.10. The number of halogens is 1. The van der Waals surface area contributed by atoms with Crippen molar-refractivity contribution in [1.82, 2.24) is 14.8 Å². The minimum absolute atomic E-state index is 0.0656. The third-order valence-corrected chi connectivity index (χ3v) is 6.75. The van der Waals surface area contributed by atoms with E-state index in [2.05, 4.69) is 48.1 Å². The SMILES string of the molecule is Cc1cccc(C)c1NC(=O)CSc1nnc(-c2ccccc2Br)n1Cc1ccccc1. The van der Waals surface area contributed by atoms with E-state index in [1.807, 2.05) is 74.5 Å². The number of carbonyl (C=O) groups excluding carboxylic acids is 1. The molecule has 162 valence electrons. The second-order valence-corrected chi connectivity index (χ2v) is 9.26. The van der Waals surface area contributed by atoms with E-state index in [1.54, 1.807) is 0 Å². The van der Waals surface area contributed by atoms with Gasteiger partial charge in [-0.15, -0.1) is 10.2 Å². The molecule has 0 atom stereocenters. The Bertz CT molecular complexity index is 1220. The number of rotatable bonds is 7. The number of aryl methyl sites for hydroxylation is 2. The monoisotopic (exact) mass is 506 g/mol. The summed E-state index contributed by atoms with van der Waals surface area (Å²) < 4.78 is 3.01. The molecule has 1 aromatic heterocycles. The molecule has 0 unspecified atom stereocenters. The van der Waals surface area contributed by atoms with Gasteiger partial charge < -0.3 is 5.32 Å². The molecular weight excluding hydrogens is 484 g/mol. The van der Waals surface area contributed by atoms with Gasteiger partial charge >= 0.3 is 0 Å². The maximum absolute atomic E-state index is 12.7. The molecule has 1 N–H and O–H groups in total. The van der Waals surface area contributed by atoms with Crippen LogP contribution in [0.25, 0.3) is 11.4 Å². The van der Waals surface area contributed by atoms with Crippen molar-refractivity contribution in [3.63, 3.8) is 0 Å². The first-order valence-electron chi connectivity index (χ1n) is 10.2. The van der Waals surface area contributed by atoms with Gasteiger partial charge in [-0.2, -0.15) is 0 Å². The van der Waals surface area contributed by atoms with E-state index in [0.29, 0.717) is 11.7 Å². The summed E-state index contributed by atoms with van der Waals surface area (Å²) in [6.07, 6.45) is 0. The van der Waals surface area contributed by atoms with E-state index in [0.717, 1.165) is 38.2 Å². The molecular formula is C25H23BrN4OS. The van der Waals surface area contributed by atoms with Crippen LogP contribution in [0.15, 0.2) is 82.4 Å². The van der Waals surface area contributed by atoms with Crippen molar-refractivity contribution in [2.75, 3.05) is 11.1 Å². The molecule has 5 nitrogen and oxygen atoms in total. The van der Waals surface area contributed by atoms with Gasteiger partial charge in [0.25, 0.3) is 0 Å². The van der Waals surface area contributed by atoms with Crippen molar-refractivity contribution < 1.29 is 4.79 Å². The highest BCUT2D eigenvalue weighted by atomic mass is 79.9. The molecule has 3 aromatic carbocycles. The Balaban J connectivity index is 1.58. The van der Waals surface area contributed by atoms with Gasteiger partial charge in [-0.3, -0.25) is 9.36 Å². The molecule has 0 fully saturated rings. The Labute approximate surface area is 200 Å². The second kappa shape index (κ2) is 10.1. The second-order valence-electron chi connectivity index (χ2n) is 7.46. The molecule has 0 bridgehead atoms. The number of amides is 1. The Hall–Kier alpha value is -2.90. The minimum Gasteiger partial charge on any atom is -0.325 e. The van der Waals surface area contributed by atoms with E-state index in [4.69, 9.17) is 0 Å². The number of benzene rings is 3. The van der Waals surface area contributed by atoms with Crippen LogP contribution in [0.1, 0.15) is 16.7 Å². The standard InChI is InChI=1S/C25H23BrN4OS/c1-17-9-8-10-18(2)23(17)27-22(31)16-32-25-29-28-24(20-13-6-7-14-21(20)26)30(25)15-19-11-4-3-5-12-19/h3-14H,15-16H2,1-2H3,(H,27,31). The molecule has 0 saturated heterocycles. The molecule has 0 aliphatic heterocycles. The number of hydrogen-bond acceptors (Lipinski definition) is 4. The van der Waals surface area contributed by atoms with Gasteiger partial charge in [-0.1, -0.05) is 94.4 Å². The zero-order chi connectivity index (χ0) is 22.5. The highest BCUT2D eigenvalue weighted by Gasteiger charge is 2.18. The molecule has 0 aliphatic carbocycles. The van der Waals surface area contributed by atoms with E-state index >= 15 is 0 Å². The molecule has 7 heteroatoms. The lowest BCUT2D eigenvalue weighted by molar-refractivity contribution is -0.113. The van der Waals surface area contributed by atoms with Gasteiger partial charge in [0.2, 0.25) is 5.91 Å². The third-order valence-electron chi connectivity index (χ3n) is 5.09. The third kappa shape index (κ3) is 5.11. The lowest BCUT2D eigenvalue weighted by Gasteiger charge is -2.13. The van der Waals surface area contributed by atoms with E-state index in [-0.39, 0.29) is 11.7 Å². The molecule has 1 heterocycles. The number of aromatic nitrogens is 3. The number of thioether (sulfide) groups is 1. The summed E-state index contributed by atoms with van der Waals surface area (Å²) in [6.45, 7) is 4.61. The smallest absolute Gasteiger partial charge is 0.234 e. The first-order chi connectivity index (χ1) is 15.5. The number of para-hydroxylation sites is 1. The first-order valence-corrected chi connectivity index (χ1v) is 12.0. The molecule has 0 saturated carbocycles. The summed E-state index contributed by atoms with van der Waals surface area (Å²) in [6, 6.07) is 24.1. The van der Waals surface area contributed by atoms with Crippen LogP contribution in [0.4, 0.5) is 5.69 Å². The number of nitrogens with one attached hydrogen (secondary N) is 1.